The van der Waals surface area contributed by atoms with Crippen LogP contribution in [0.1, 0.15) is 97.3 Å². The highest BCUT2D eigenvalue weighted by molar-refractivity contribution is 7.99. The second-order valence-corrected chi connectivity index (χ2v) is 13.9. The molecule has 2 rings (SSSR count). The highest BCUT2D eigenvalue weighted by Gasteiger charge is 2.19. The van der Waals surface area contributed by atoms with Gasteiger partial charge < -0.3 is 25.7 Å². The molecule has 0 amide bonds. The zero-order valence-electron chi connectivity index (χ0n) is 24.4. The summed E-state index contributed by atoms with van der Waals surface area (Å²) < 4.78 is 26.1. The molecule has 6 N–H and O–H groups in total. The van der Waals surface area contributed by atoms with Gasteiger partial charge in [0.1, 0.15) is 18.2 Å². The molecule has 0 saturated heterocycles. The van der Waals surface area contributed by atoms with E-state index >= 15 is 0 Å². The molecule has 2 heterocycles. The molecule has 0 fully saturated rings. The number of imidazole rings is 1. The van der Waals surface area contributed by atoms with Crippen molar-refractivity contribution in [1.29, 1.82) is 0 Å². The fraction of sp³-hybridized carbons (Fsp3) is 0.815. The predicted octanol–water partition coefficient (Wildman–Crippen LogP) is 7.90. The molecule has 2 atom stereocenters. The van der Waals surface area contributed by atoms with E-state index in [0.717, 1.165) is 12.2 Å². The minimum absolute atomic E-state index is 0. The van der Waals surface area contributed by atoms with Gasteiger partial charge in [-0.3, -0.25) is 4.57 Å². The van der Waals surface area contributed by atoms with Crippen molar-refractivity contribution < 1.29 is 13.8 Å². The number of hydrogen-bond acceptors (Lipinski definition) is 8. The van der Waals surface area contributed by atoms with Crippen LogP contribution in [0.2, 0.25) is 0 Å². The second kappa shape index (κ2) is 20.7. The van der Waals surface area contributed by atoms with E-state index in [1.54, 1.807) is 13.0 Å². The van der Waals surface area contributed by atoms with Crippen LogP contribution < -0.4 is 11.9 Å². The summed E-state index contributed by atoms with van der Waals surface area (Å²) in [4.78, 5) is 12.5. The molecule has 9 nitrogen and oxygen atoms in total. The van der Waals surface area contributed by atoms with Crippen molar-refractivity contribution >= 4 is 36.1 Å². The lowest BCUT2D eigenvalue weighted by Crippen LogP contribution is -2.17. The zero-order chi connectivity index (χ0) is 26.8. The summed E-state index contributed by atoms with van der Waals surface area (Å²) in [5, 5.41) is 0. The van der Waals surface area contributed by atoms with Crippen molar-refractivity contribution in [3.8, 4) is 0 Å². The normalized spacial score (nSPS) is 13.9. The first kappa shape index (κ1) is 34.8. The first-order valence-electron chi connectivity index (χ1n) is 14.2. The molecule has 2 aromatic heterocycles. The highest BCUT2D eigenvalue weighted by Crippen LogP contribution is 2.42. The summed E-state index contributed by atoms with van der Waals surface area (Å²) in [6.07, 6.45) is 20.6. The number of aromatic nitrogens is 4. The molecule has 0 spiro atoms. The Morgan fingerprint density at radius 2 is 1.55 bits per heavy atom. The average molecular weight is 574 g/mol. The van der Waals surface area contributed by atoms with Gasteiger partial charge in [0.15, 0.2) is 11.5 Å². The number of nitrogens with zero attached hydrogens (tertiary/aromatic N) is 4. The first-order valence-corrected chi connectivity index (χ1v) is 17.7. The summed E-state index contributed by atoms with van der Waals surface area (Å²) >= 11 is 1.98. The van der Waals surface area contributed by atoms with E-state index in [1.807, 2.05) is 23.3 Å². The maximum atomic E-state index is 12.7. The molecule has 0 aliphatic heterocycles. The number of nitrogens with two attached hydrogens (primary N) is 1. The van der Waals surface area contributed by atoms with Crippen LogP contribution in [0.5, 0.6) is 0 Å². The molecule has 11 heteroatoms. The van der Waals surface area contributed by atoms with Gasteiger partial charge in [-0.05, 0) is 31.3 Å². The number of hydrogen-bond donors (Lipinski definition) is 2. The van der Waals surface area contributed by atoms with Crippen LogP contribution >= 0.6 is 19.1 Å². The minimum Gasteiger partial charge on any atom is -0.382 e. The van der Waals surface area contributed by atoms with Crippen molar-refractivity contribution in [2.45, 2.75) is 110 Å². The molecular weight excluding hydrogens is 519 g/mol. The Hall–Kier alpha value is -1.19. The third-order valence-corrected chi connectivity index (χ3v) is 8.92. The maximum absolute atomic E-state index is 12.7. The monoisotopic (exact) mass is 573 g/mol. The summed E-state index contributed by atoms with van der Waals surface area (Å²) in [5.74, 6) is 2.62. The van der Waals surface area contributed by atoms with Gasteiger partial charge in [-0.2, -0.15) is 11.8 Å². The van der Waals surface area contributed by atoms with Crippen LogP contribution in [0.4, 0.5) is 5.82 Å². The molecule has 1 unspecified atom stereocenters. The van der Waals surface area contributed by atoms with Gasteiger partial charge >= 0.3 is 0 Å². The van der Waals surface area contributed by atoms with Crippen molar-refractivity contribution in [2.75, 3.05) is 36.9 Å². The fourth-order valence-corrected chi connectivity index (χ4v) is 6.28. The Labute approximate surface area is 234 Å². The Kier molecular flexibility index (Phi) is 19.0. The number of rotatable bonds is 23. The molecule has 0 aliphatic rings. The number of quaternary nitrogens is 1. The minimum atomic E-state index is -2.78. The van der Waals surface area contributed by atoms with Crippen molar-refractivity contribution in [2.24, 2.45) is 0 Å². The summed E-state index contributed by atoms with van der Waals surface area (Å²) in [5.41, 5.74) is 7.09. The Morgan fingerprint density at radius 1 is 0.947 bits per heavy atom. The highest BCUT2D eigenvalue weighted by atomic mass is 32.2. The van der Waals surface area contributed by atoms with Crippen LogP contribution in [0.15, 0.2) is 12.7 Å². The van der Waals surface area contributed by atoms with E-state index < -0.39 is 7.37 Å². The van der Waals surface area contributed by atoms with E-state index in [2.05, 4.69) is 21.9 Å². The molecule has 0 saturated carbocycles. The molecule has 0 bridgehead atoms. The third-order valence-electron chi connectivity index (χ3n) is 6.42. The summed E-state index contributed by atoms with van der Waals surface area (Å²) in [6.45, 7) is 6.91. The van der Waals surface area contributed by atoms with E-state index in [9.17, 15) is 4.57 Å². The second-order valence-electron chi connectivity index (χ2n) is 10.1. The fourth-order valence-electron chi connectivity index (χ4n) is 4.23. The number of unbranched alkanes of at least 4 members (excludes halogenated alkanes) is 11. The number of thioether (sulfide) groups is 1. The molecule has 220 valence electrons. The van der Waals surface area contributed by atoms with Gasteiger partial charge in [0, 0.05) is 6.66 Å². The van der Waals surface area contributed by atoms with Gasteiger partial charge in [0.05, 0.1) is 25.6 Å². The quantitative estimate of drug-likeness (QED) is 0.101. The molecule has 2 aromatic rings. The lowest BCUT2D eigenvalue weighted by atomic mass is 10.1. The first-order chi connectivity index (χ1) is 17.9. The smallest absolute Gasteiger partial charge is 0.225 e. The predicted molar refractivity (Wildman–Crippen MR) is 164 cm³/mol. The van der Waals surface area contributed by atoms with Crippen LogP contribution in [0.25, 0.3) is 11.2 Å². The molecule has 38 heavy (non-hydrogen) atoms. The lowest BCUT2D eigenvalue weighted by molar-refractivity contribution is 0.0801. The SMILES string of the molecule is CCCCCCCCCCCCCCSCCCOP(C)(=O)CO[C@H](C)Cn1cnc2c(N)ncnc21.[NH4+]. The van der Waals surface area contributed by atoms with Gasteiger partial charge in [-0.15, -0.1) is 0 Å². The van der Waals surface area contributed by atoms with E-state index in [1.165, 1.54) is 89.1 Å². The van der Waals surface area contributed by atoms with Gasteiger partial charge in [-0.25, -0.2) is 15.0 Å². The standard InChI is InChI=1S/C27H50N5O3PS.H3N/c1-4-5-6-7-8-9-10-11-12-13-14-15-18-37-19-16-17-35-36(3,33)23-34-24(2)20-32-22-31-25-26(28)29-21-30-27(25)32;/h21-22,24H,4-20,23H2,1-3H3,(H2,28,29,30);1H3/p+1/t24-,36?;/m1./s1. The third kappa shape index (κ3) is 14.8. The zero-order valence-corrected chi connectivity index (χ0v) is 26.1. The Balaban J connectivity index is 0.00000722. The summed E-state index contributed by atoms with van der Waals surface area (Å²) in [7, 11) is -2.78. The van der Waals surface area contributed by atoms with E-state index in [0.29, 0.717) is 30.1 Å². The van der Waals surface area contributed by atoms with Crippen molar-refractivity contribution in [3.05, 3.63) is 12.7 Å². The lowest BCUT2D eigenvalue weighted by Gasteiger charge is -2.18. The van der Waals surface area contributed by atoms with Crippen molar-refractivity contribution in [1.82, 2.24) is 25.7 Å². The van der Waals surface area contributed by atoms with Crippen LogP contribution in [-0.4, -0.2) is 56.7 Å². The maximum Gasteiger partial charge on any atom is 0.225 e. The Bertz CT molecular complexity index is 916. The van der Waals surface area contributed by atoms with Gasteiger partial charge in [-0.1, -0.05) is 77.6 Å². The van der Waals surface area contributed by atoms with Crippen LogP contribution in [0.3, 0.4) is 0 Å². The average Bonchev–Trinajstić information content (AvgIpc) is 3.28. The molecule has 0 aliphatic carbocycles. The number of fused-ring (bicyclic) bond motifs is 1. The van der Waals surface area contributed by atoms with Crippen LogP contribution in [0, 0.1) is 0 Å². The number of ether oxygens (including phenoxy) is 1. The van der Waals surface area contributed by atoms with Gasteiger partial charge in [0.25, 0.3) is 0 Å². The molecular formula is C27H54N6O3PS+. The number of nitrogen functional groups attached to an aromatic ring is 1. The van der Waals surface area contributed by atoms with Crippen LogP contribution in [-0.2, 0) is 20.4 Å². The summed E-state index contributed by atoms with van der Waals surface area (Å²) in [6, 6.07) is 0. The largest absolute Gasteiger partial charge is 0.382 e. The molecule has 0 radical (unpaired) electrons. The van der Waals surface area contributed by atoms with E-state index in [4.69, 9.17) is 15.0 Å². The molecule has 0 aromatic carbocycles. The Morgan fingerprint density at radius 3 is 2.21 bits per heavy atom. The van der Waals surface area contributed by atoms with Gasteiger partial charge in [0.2, 0.25) is 7.37 Å². The topological polar surface area (TPSA) is 142 Å². The number of anilines is 1. The van der Waals surface area contributed by atoms with E-state index in [-0.39, 0.29) is 18.6 Å². The van der Waals surface area contributed by atoms with Crippen molar-refractivity contribution in [3.63, 3.8) is 0 Å².